The molecule has 4 aromatic rings. The summed E-state index contributed by atoms with van der Waals surface area (Å²) in [5.74, 6) is -0.468. The van der Waals surface area contributed by atoms with E-state index in [9.17, 15) is 20.1 Å². The molecule has 170 valence electrons. The average molecular weight is 451 g/mol. The van der Waals surface area contributed by atoms with Crippen molar-refractivity contribution in [2.24, 2.45) is 0 Å². The summed E-state index contributed by atoms with van der Waals surface area (Å²) in [6.45, 7) is 7.51. The number of hydrogen-bond donors (Lipinski definition) is 3. The van der Waals surface area contributed by atoms with Crippen LogP contribution in [0.2, 0.25) is 0 Å². The summed E-state index contributed by atoms with van der Waals surface area (Å²) in [5, 5.41) is 31.2. The number of carboxylic acid groups (broad SMARTS) is 1. The van der Waals surface area contributed by atoms with Crippen LogP contribution in [0.15, 0.2) is 66.7 Å². The first-order chi connectivity index (χ1) is 16.2. The lowest BCUT2D eigenvalue weighted by molar-refractivity contribution is 0.0697. The quantitative estimate of drug-likeness (QED) is 0.297. The number of benzene rings is 4. The molecule has 0 heterocycles. The van der Waals surface area contributed by atoms with E-state index in [-0.39, 0.29) is 17.1 Å². The number of hydrogen-bond acceptors (Lipinski definition) is 3. The second-order valence-electron chi connectivity index (χ2n) is 9.25. The Morgan fingerprint density at radius 2 is 1.15 bits per heavy atom. The molecule has 34 heavy (non-hydrogen) atoms. The van der Waals surface area contributed by atoms with Gasteiger partial charge in [0.05, 0.1) is 11.0 Å². The van der Waals surface area contributed by atoms with Gasteiger partial charge in [0.2, 0.25) is 0 Å². The summed E-state index contributed by atoms with van der Waals surface area (Å²) in [6, 6.07) is 21.3. The zero-order chi connectivity index (χ0) is 24.4. The van der Waals surface area contributed by atoms with Crippen LogP contribution in [0.5, 0.6) is 11.5 Å². The van der Waals surface area contributed by atoms with Crippen molar-refractivity contribution in [3.8, 4) is 22.6 Å². The summed E-state index contributed by atoms with van der Waals surface area (Å²) in [7, 11) is 0. The van der Waals surface area contributed by atoms with Crippen LogP contribution in [0.25, 0.3) is 11.1 Å². The molecule has 0 amide bonds. The fourth-order valence-electron chi connectivity index (χ4n) is 5.64. The first-order valence-corrected chi connectivity index (χ1v) is 11.3. The highest BCUT2D eigenvalue weighted by atomic mass is 16.4. The number of carbonyl (C=O) groups is 1. The third-order valence-corrected chi connectivity index (χ3v) is 7.15. The largest absolute Gasteiger partial charge is 0.507 e. The van der Waals surface area contributed by atoms with E-state index in [1.165, 1.54) is 0 Å². The monoisotopic (exact) mass is 450 g/mol. The normalized spacial score (nSPS) is 13.4. The van der Waals surface area contributed by atoms with Crippen LogP contribution >= 0.6 is 0 Å². The highest BCUT2D eigenvalue weighted by Crippen LogP contribution is 2.58. The van der Waals surface area contributed by atoms with Gasteiger partial charge in [0.15, 0.2) is 0 Å². The predicted molar refractivity (Wildman–Crippen MR) is 133 cm³/mol. The molecule has 0 fully saturated rings. The van der Waals surface area contributed by atoms with E-state index in [2.05, 4.69) is 6.07 Å². The molecular weight excluding hydrogens is 424 g/mol. The minimum absolute atomic E-state index is 0.253. The van der Waals surface area contributed by atoms with Crippen LogP contribution in [0.4, 0.5) is 0 Å². The van der Waals surface area contributed by atoms with Crippen molar-refractivity contribution >= 4 is 5.97 Å². The van der Waals surface area contributed by atoms with Gasteiger partial charge in [-0.3, -0.25) is 0 Å². The summed E-state index contributed by atoms with van der Waals surface area (Å²) in [4.78, 5) is 12.3. The van der Waals surface area contributed by atoms with Gasteiger partial charge in [0.1, 0.15) is 11.5 Å². The molecule has 0 atom stereocenters. The number of phenolic OH excluding ortho intramolecular Hbond substituents is 2. The molecule has 4 aromatic carbocycles. The number of aryl methyl sites for hydroxylation is 4. The zero-order valence-electron chi connectivity index (χ0n) is 19.6. The lowest BCUT2D eigenvalue weighted by Gasteiger charge is -2.35. The lowest BCUT2D eigenvalue weighted by Crippen LogP contribution is -2.29. The Hall–Kier alpha value is -4.05. The van der Waals surface area contributed by atoms with Gasteiger partial charge in [0, 0.05) is 5.56 Å². The van der Waals surface area contributed by atoms with E-state index in [1.54, 1.807) is 12.1 Å². The van der Waals surface area contributed by atoms with Crippen molar-refractivity contribution in [2.45, 2.75) is 33.1 Å². The SMILES string of the molecule is Cc1cc(C2(c3cc(C)c(O)c(C)c3)c3ccccc3-c3c(C(=O)O)cccc32)cc(C)c1O. The second kappa shape index (κ2) is 7.49. The summed E-state index contributed by atoms with van der Waals surface area (Å²) in [5.41, 5.74) is 7.77. The molecule has 0 saturated carbocycles. The van der Waals surface area contributed by atoms with E-state index in [0.29, 0.717) is 5.56 Å². The fourth-order valence-corrected chi connectivity index (χ4v) is 5.64. The van der Waals surface area contributed by atoms with Gasteiger partial charge in [-0.25, -0.2) is 4.79 Å². The standard InChI is InChI=1S/C30H26O4/c1-16-12-20(13-17(2)27(16)31)30(21-14-18(3)28(32)19(4)15-21)24-10-6-5-8-22(24)26-23(29(33)34)9-7-11-25(26)30/h5-15,31-32H,1-4H3,(H,33,34). The number of carboxylic acids is 1. The topological polar surface area (TPSA) is 77.8 Å². The first kappa shape index (κ1) is 21.8. The van der Waals surface area contributed by atoms with Gasteiger partial charge in [-0.15, -0.1) is 0 Å². The molecule has 1 aliphatic carbocycles. The Kier molecular flexibility index (Phi) is 4.80. The number of fused-ring (bicyclic) bond motifs is 3. The van der Waals surface area contributed by atoms with Crippen LogP contribution in [-0.2, 0) is 5.41 Å². The van der Waals surface area contributed by atoms with Crippen LogP contribution in [0.3, 0.4) is 0 Å². The van der Waals surface area contributed by atoms with Crippen molar-refractivity contribution in [1.29, 1.82) is 0 Å². The van der Waals surface area contributed by atoms with Crippen molar-refractivity contribution in [2.75, 3.05) is 0 Å². The Balaban J connectivity index is 2.04. The molecular formula is C30H26O4. The van der Waals surface area contributed by atoms with E-state index in [4.69, 9.17) is 0 Å². The van der Waals surface area contributed by atoms with Crippen LogP contribution in [0, 0.1) is 27.7 Å². The molecule has 4 heteroatoms. The average Bonchev–Trinajstić information content (AvgIpc) is 3.11. The minimum Gasteiger partial charge on any atom is -0.507 e. The molecule has 0 bridgehead atoms. The Bertz CT molecular complexity index is 1390. The fraction of sp³-hybridized carbons (Fsp3) is 0.167. The minimum atomic E-state index is -0.974. The zero-order valence-corrected chi connectivity index (χ0v) is 19.6. The van der Waals surface area contributed by atoms with Gasteiger partial charge in [-0.05, 0) is 83.8 Å². The van der Waals surface area contributed by atoms with Crippen LogP contribution < -0.4 is 0 Å². The summed E-state index contributed by atoms with van der Waals surface area (Å²) in [6.07, 6.45) is 0. The Morgan fingerprint density at radius 1 is 0.676 bits per heavy atom. The smallest absolute Gasteiger partial charge is 0.336 e. The highest BCUT2D eigenvalue weighted by molar-refractivity contribution is 6.01. The van der Waals surface area contributed by atoms with Crippen molar-refractivity contribution in [1.82, 2.24) is 0 Å². The Morgan fingerprint density at radius 3 is 1.65 bits per heavy atom. The molecule has 4 nitrogen and oxygen atoms in total. The van der Waals surface area contributed by atoms with Gasteiger partial charge < -0.3 is 15.3 Å². The molecule has 0 spiro atoms. The van der Waals surface area contributed by atoms with E-state index >= 15 is 0 Å². The molecule has 0 unspecified atom stereocenters. The molecule has 1 aliphatic rings. The van der Waals surface area contributed by atoms with Gasteiger partial charge in [-0.1, -0.05) is 60.7 Å². The maximum absolute atomic E-state index is 12.3. The summed E-state index contributed by atoms with van der Waals surface area (Å²) < 4.78 is 0. The van der Waals surface area contributed by atoms with Crippen LogP contribution in [-0.4, -0.2) is 21.3 Å². The van der Waals surface area contributed by atoms with Crippen molar-refractivity contribution in [3.63, 3.8) is 0 Å². The summed E-state index contributed by atoms with van der Waals surface area (Å²) >= 11 is 0. The molecule has 5 rings (SSSR count). The number of aromatic carboxylic acids is 1. The van der Waals surface area contributed by atoms with E-state index < -0.39 is 11.4 Å². The number of phenols is 2. The first-order valence-electron chi connectivity index (χ1n) is 11.3. The van der Waals surface area contributed by atoms with Gasteiger partial charge in [-0.2, -0.15) is 0 Å². The predicted octanol–water partition coefficient (Wildman–Crippen LogP) is 6.39. The molecule has 0 aliphatic heterocycles. The van der Waals surface area contributed by atoms with E-state index in [1.807, 2.05) is 76.2 Å². The van der Waals surface area contributed by atoms with Crippen molar-refractivity contribution in [3.05, 3.63) is 117 Å². The third kappa shape index (κ3) is 2.81. The molecule has 0 aromatic heterocycles. The van der Waals surface area contributed by atoms with Gasteiger partial charge >= 0.3 is 5.97 Å². The highest BCUT2D eigenvalue weighted by Gasteiger charge is 2.48. The molecule has 3 N–H and O–H groups in total. The third-order valence-electron chi connectivity index (χ3n) is 7.15. The maximum Gasteiger partial charge on any atom is 0.336 e. The Labute approximate surface area is 198 Å². The van der Waals surface area contributed by atoms with Crippen molar-refractivity contribution < 1.29 is 20.1 Å². The van der Waals surface area contributed by atoms with E-state index in [0.717, 1.165) is 50.1 Å². The maximum atomic E-state index is 12.3. The molecule has 0 radical (unpaired) electrons. The van der Waals surface area contributed by atoms with Gasteiger partial charge in [0.25, 0.3) is 0 Å². The lowest BCUT2D eigenvalue weighted by atomic mass is 9.66. The number of aromatic hydroxyl groups is 2. The number of rotatable bonds is 3. The molecule has 0 saturated heterocycles. The van der Waals surface area contributed by atoms with Crippen LogP contribution in [0.1, 0.15) is 54.9 Å². The second-order valence-corrected chi connectivity index (χ2v) is 9.25.